The van der Waals surface area contributed by atoms with E-state index in [4.69, 9.17) is 14.5 Å². The van der Waals surface area contributed by atoms with E-state index in [0.717, 1.165) is 41.2 Å². The van der Waals surface area contributed by atoms with Crippen LogP contribution in [0.1, 0.15) is 18.7 Å². The van der Waals surface area contributed by atoms with Crippen molar-refractivity contribution in [3.63, 3.8) is 0 Å². The van der Waals surface area contributed by atoms with Gasteiger partial charge in [0.25, 0.3) is 0 Å². The molecule has 0 radical (unpaired) electrons. The molecule has 6 heteroatoms. The van der Waals surface area contributed by atoms with Crippen molar-refractivity contribution in [2.24, 2.45) is 5.92 Å². The average Bonchev–Trinajstić information content (AvgIpc) is 3.52. The molecule has 1 aliphatic carbocycles. The van der Waals surface area contributed by atoms with Gasteiger partial charge in [-0.1, -0.05) is 24.3 Å². The Morgan fingerprint density at radius 1 is 1.14 bits per heavy atom. The molecule has 146 valence electrons. The van der Waals surface area contributed by atoms with E-state index >= 15 is 0 Å². The van der Waals surface area contributed by atoms with E-state index < -0.39 is 0 Å². The van der Waals surface area contributed by atoms with Crippen LogP contribution in [-0.2, 0) is 17.8 Å². The molecule has 2 aromatic carbocycles. The number of hydrogen-bond acceptors (Lipinski definition) is 4. The molecular formula is C22H25N3O3. The Bertz CT molecular complexity index is 963. The smallest absolute Gasteiger partial charge is 0.223 e. The van der Waals surface area contributed by atoms with E-state index in [1.54, 1.807) is 7.11 Å². The summed E-state index contributed by atoms with van der Waals surface area (Å²) in [7, 11) is 1.64. The maximum Gasteiger partial charge on any atom is 0.223 e. The van der Waals surface area contributed by atoms with Crippen LogP contribution in [-0.4, -0.2) is 35.7 Å². The van der Waals surface area contributed by atoms with Gasteiger partial charge in [0.15, 0.2) is 11.5 Å². The Morgan fingerprint density at radius 3 is 2.68 bits per heavy atom. The van der Waals surface area contributed by atoms with Gasteiger partial charge in [-0.05, 0) is 37.1 Å². The van der Waals surface area contributed by atoms with Gasteiger partial charge >= 0.3 is 0 Å². The fraction of sp³-hybridized carbons (Fsp3) is 0.364. The van der Waals surface area contributed by atoms with Gasteiger partial charge in [0.2, 0.25) is 5.91 Å². The van der Waals surface area contributed by atoms with Gasteiger partial charge in [-0.25, -0.2) is 4.98 Å². The molecule has 1 fully saturated rings. The van der Waals surface area contributed by atoms with Crippen molar-refractivity contribution in [3.8, 4) is 11.5 Å². The number of nitrogens with one attached hydrogen (secondary N) is 1. The van der Waals surface area contributed by atoms with Gasteiger partial charge in [-0.15, -0.1) is 0 Å². The number of para-hydroxylation sites is 4. The Balaban J connectivity index is 1.44. The quantitative estimate of drug-likeness (QED) is 0.620. The molecule has 0 unspecified atom stereocenters. The molecule has 1 aliphatic rings. The Hall–Kier alpha value is -3.02. The van der Waals surface area contributed by atoms with Crippen LogP contribution in [0.25, 0.3) is 11.0 Å². The fourth-order valence-electron chi connectivity index (χ4n) is 3.34. The number of benzene rings is 2. The van der Waals surface area contributed by atoms with Crippen LogP contribution in [0, 0.1) is 5.92 Å². The zero-order valence-corrected chi connectivity index (χ0v) is 16.1. The SMILES string of the molecule is COc1ccccc1OCCn1c(CCNC(=O)C2CC2)nc2ccccc21. The molecule has 1 aromatic heterocycles. The standard InChI is InChI=1S/C22H25N3O3/c1-27-19-8-4-5-9-20(19)28-15-14-25-18-7-3-2-6-17(18)24-21(25)12-13-23-22(26)16-10-11-16/h2-9,16H,10-15H2,1H3,(H,23,26). The third-order valence-electron chi connectivity index (χ3n) is 4.97. The number of nitrogens with zero attached hydrogens (tertiary/aromatic N) is 2. The van der Waals surface area contributed by atoms with Crippen LogP contribution in [0.15, 0.2) is 48.5 Å². The first-order valence-corrected chi connectivity index (χ1v) is 9.74. The number of carbonyl (C=O) groups is 1. The molecule has 6 nitrogen and oxygen atoms in total. The molecule has 1 heterocycles. The summed E-state index contributed by atoms with van der Waals surface area (Å²) in [4.78, 5) is 16.6. The number of ether oxygens (including phenoxy) is 2. The lowest BCUT2D eigenvalue weighted by atomic mass is 10.3. The molecule has 0 bridgehead atoms. The molecule has 0 spiro atoms. The van der Waals surface area contributed by atoms with Crippen molar-refractivity contribution in [2.45, 2.75) is 25.8 Å². The first kappa shape index (κ1) is 18.3. The molecule has 4 rings (SSSR count). The van der Waals surface area contributed by atoms with Gasteiger partial charge < -0.3 is 19.4 Å². The van der Waals surface area contributed by atoms with Crippen LogP contribution in [0.5, 0.6) is 11.5 Å². The Kier molecular flexibility index (Phi) is 5.46. The number of aromatic nitrogens is 2. The minimum Gasteiger partial charge on any atom is -0.493 e. The maximum absolute atomic E-state index is 11.9. The summed E-state index contributed by atoms with van der Waals surface area (Å²) in [5.74, 6) is 2.81. The van der Waals surface area contributed by atoms with Crippen LogP contribution >= 0.6 is 0 Å². The summed E-state index contributed by atoms with van der Waals surface area (Å²) in [6, 6.07) is 15.7. The summed E-state index contributed by atoms with van der Waals surface area (Å²) in [5.41, 5.74) is 2.04. The Labute approximate surface area is 164 Å². The summed E-state index contributed by atoms with van der Waals surface area (Å²) < 4.78 is 13.5. The fourth-order valence-corrected chi connectivity index (χ4v) is 3.34. The number of amides is 1. The Morgan fingerprint density at radius 2 is 1.89 bits per heavy atom. The van der Waals surface area contributed by atoms with Gasteiger partial charge in [0, 0.05) is 18.9 Å². The molecule has 0 aliphatic heterocycles. The molecule has 1 amide bonds. The van der Waals surface area contributed by atoms with E-state index in [-0.39, 0.29) is 11.8 Å². The molecule has 1 N–H and O–H groups in total. The number of hydrogen-bond donors (Lipinski definition) is 1. The van der Waals surface area contributed by atoms with Gasteiger partial charge in [0.1, 0.15) is 12.4 Å². The lowest BCUT2D eigenvalue weighted by molar-refractivity contribution is -0.122. The van der Waals surface area contributed by atoms with Crippen molar-refractivity contribution in [3.05, 3.63) is 54.4 Å². The maximum atomic E-state index is 11.9. The van der Waals surface area contributed by atoms with Gasteiger partial charge in [0.05, 0.1) is 24.7 Å². The first-order valence-electron chi connectivity index (χ1n) is 9.74. The first-order chi connectivity index (χ1) is 13.8. The van der Waals surface area contributed by atoms with Crippen molar-refractivity contribution in [2.75, 3.05) is 20.3 Å². The van der Waals surface area contributed by atoms with Crippen molar-refractivity contribution in [1.29, 1.82) is 0 Å². The lowest BCUT2D eigenvalue weighted by Crippen LogP contribution is -2.27. The average molecular weight is 379 g/mol. The monoisotopic (exact) mass is 379 g/mol. The van der Waals surface area contributed by atoms with Crippen LogP contribution < -0.4 is 14.8 Å². The van der Waals surface area contributed by atoms with Gasteiger partial charge in [-0.2, -0.15) is 0 Å². The van der Waals surface area contributed by atoms with E-state index in [2.05, 4.69) is 16.0 Å². The predicted octanol–water partition coefficient (Wildman–Crippen LogP) is 3.19. The molecule has 0 saturated heterocycles. The largest absolute Gasteiger partial charge is 0.493 e. The van der Waals surface area contributed by atoms with Gasteiger partial charge in [-0.3, -0.25) is 4.79 Å². The third kappa shape index (κ3) is 4.11. The highest BCUT2D eigenvalue weighted by molar-refractivity contribution is 5.80. The minimum atomic E-state index is 0.169. The number of rotatable bonds is 9. The second kappa shape index (κ2) is 8.33. The highest BCUT2D eigenvalue weighted by Gasteiger charge is 2.29. The second-order valence-electron chi connectivity index (χ2n) is 6.98. The number of carbonyl (C=O) groups excluding carboxylic acids is 1. The van der Waals surface area contributed by atoms with E-state index in [0.29, 0.717) is 26.1 Å². The van der Waals surface area contributed by atoms with E-state index in [1.807, 2.05) is 42.5 Å². The summed E-state index contributed by atoms with van der Waals surface area (Å²) >= 11 is 0. The lowest BCUT2D eigenvalue weighted by Gasteiger charge is -2.13. The molecule has 28 heavy (non-hydrogen) atoms. The van der Waals surface area contributed by atoms with Crippen molar-refractivity contribution >= 4 is 16.9 Å². The zero-order chi connectivity index (χ0) is 19.3. The number of methoxy groups -OCH3 is 1. The van der Waals surface area contributed by atoms with Crippen molar-refractivity contribution in [1.82, 2.24) is 14.9 Å². The highest BCUT2D eigenvalue weighted by Crippen LogP contribution is 2.28. The second-order valence-corrected chi connectivity index (χ2v) is 6.98. The van der Waals surface area contributed by atoms with E-state index in [1.165, 1.54) is 0 Å². The topological polar surface area (TPSA) is 65.4 Å². The van der Waals surface area contributed by atoms with Crippen LogP contribution in [0.2, 0.25) is 0 Å². The summed E-state index contributed by atoms with van der Waals surface area (Å²) in [6.45, 7) is 1.78. The van der Waals surface area contributed by atoms with Crippen molar-refractivity contribution < 1.29 is 14.3 Å². The molecule has 1 saturated carbocycles. The normalized spacial score (nSPS) is 13.5. The third-order valence-corrected chi connectivity index (χ3v) is 4.97. The molecular weight excluding hydrogens is 354 g/mol. The van der Waals surface area contributed by atoms with Crippen LogP contribution in [0.3, 0.4) is 0 Å². The van der Waals surface area contributed by atoms with Crippen LogP contribution in [0.4, 0.5) is 0 Å². The highest BCUT2D eigenvalue weighted by atomic mass is 16.5. The minimum absolute atomic E-state index is 0.169. The number of fused-ring (bicyclic) bond motifs is 1. The van der Waals surface area contributed by atoms with E-state index in [9.17, 15) is 4.79 Å². The predicted molar refractivity (Wildman–Crippen MR) is 108 cm³/mol. The molecule has 3 aromatic rings. The number of imidazole rings is 1. The summed E-state index contributed by atoms with van der Waals surface area (Å²) in [6.07, 6.45) is 2.73. The molecule has 0 atom stereocenters. The summed E-state index contributed by atoms with van der Waals surface area (Å²) in [5, 5.41) is 3.02. The zero-order valence-electron chi connectivity index (χ0n) is 16.1.